The van der Waals surface area contributed by atoms with Crippen molar-refractivity contribution >= 4 is 5.91 Å². The molecule has 2 N–H and O–H groups in total. The third kappa shape index (κ3) is 4.11. The van der Waals surface area contributed by atoms with E-state index in [0.29, 0.717) is 5.56 Å². The highest BCUT2D eigenvalue weighted by Gasteiger charge is 2.19. The quantitative estimate of drug-likeness (QED) is 0.749. The minimum Gasteiger partial charge on any atom is -0.378 e. The molecule has 0 fully saturated rings. The van der Waals surface area contributed by atoms with Gasteiger partial charge in [-0.1, -0.05) is 60.7 Å². The zero-order valence-electron chi connectivity index (χ0n) is 14.0. The molecule has 0 aliphatic heterocycles. The average molecular weight is 332 g/mol. The van der Waals surface area contributed by atoms with Crippen LogP contribution in [0.3, 0.4) is 0 Å². The predicted molar refractivity (Wildman–Crippen MR) is 97.6 cm³/mol. The van der Waals surface area contributed by atoms with Gasteiger partial charge in [-0.05, 0) is 35.2 Å². The molecule has 126 valence electrons. The van der Waals surface area contributed by atoms with E-state index in [0.717, 1.165) is 16.7 Å². The van der Waals surface area contributed by atoms with Crippen molar-refractivity contribution in [1.82, 2.24) is 10.3 Å². The van der Waals surface area contributed by atoms with Crippen LogP contribution in [0.5, 0.6) is 0 Å². The third-order valence-corrected chi connectivity index (χ3v) is 4.13. The lowest BCUT2D eigenvalue weighted by molar-refractivity contribution is -0.130. The van der Waals surface area contributed by atoms with Crippen LogP contribution in [0.25, 0.3) is 11.1 Å². The number of hydrogen-bond acceptors (Lipinski definition) is 3. The van der Waals surface area contributed by atoms with Gasteiger partial charge in [-0.25, -0.2) is 0 Å². The highest BCUT2D eigenvalue weighted by Crippen LogP contribution is 2.22. The van der Waals surface area contributed by atoms with Crippen molar-refractivity contribution in [2.24, 2.45) is 0 Å². The molecule has 2 aromatic carbocycles. The smallest absolute Gasteiger partial charge is 0.253 e. The Bertz CT molecular complexity index is 818. The second-order valence-electron chi connectivity index (χ2n) is 5.91. The lowest BCUT2D eigenvalue weighted by atomic mass is 10.0. The summed E-state index contributed by atoms with van der Waals surface area (Å²) in [6, 6.07) is 20.6. The molecule has 4 nitrogen and oxygen atoms in total. The lowest BCUT2D eigenvalue weighted by Gasteiger charge is -2.18. The van der Waals surface area contributed by atoms with E-state index >= 15 is 0 Å². The molecule has 3 rings (SSSR count). The summed E-state index contributed by atoms with van der Waals surface area (Å²) in [6.45, 7) is 1.90. The summed E-state index contributed by atoms with van der Waals surface area (Å²) in [5.41, 5.74) is 3.67. The molecular formula is C21H20N2O2. The summed E-state index contributed by atoms with van der Waals surface area (Å²) in [5, 5.41) is 13.0. The first-order chi connectivity index (χ1) is 12.1. The highest BCUT2D eigenvalue weighted by atomic mass is 16.3. The molecule has 0 aliphatic rings. The molecule has 0 saturated heterocycles. The molecule has 0 saturated carbocycles. The Kier molecular flexibility index (Phi) is 5.21. The minimum absolute atomic E-state index is 0.200. The van der Waals surface area contributed by atoms with E-state index in [1.165, 1.54) is 0 Å². The minimum atomic E-state index is -1.17. The Morgan fingerprint density at radius 2 is 1.64 bits per heavy atom. The maximum atomic E-state index is 12.2. The van der Waals surface area contributed by atoms with Gasteiger partial charge in [-0.3, -0.25) is 9.78 Å². The zero-order chi connectivity index (χ0) is 17.6. The van der Waals surface area contributed by atoms with Crippen molar-refractivity contribution in [1.29, 1.82) is 0 Å². The fourth-order valence-electron chi connectivity index (χ4n) is 2.66. The number of benzene rings is 2. The van der Waals surface area contributed by atoms with Crippen LogP contribution in [0.1, 0.15) is 30.2 Å². The number of amides is 1. The maximum Gasteiger partial charge on any atom is 0.253 e. The first kappa shape index (κ1) is 16.9. The number of aliphatic hydroxyl groups excluding tert-OH is 1. The van der Waals surface area contributed by atoms with Gasteiger partial charge >= 0.3 is 0 Å². The Balaban J connectivity index is 1.67. The molecule has 3 aromatic rings. The van der Waals surface area contributed by atoms with Crippen LogP contribution in [0.15, 0.2) is 79.1 Å². The monoisotopic (exact) mass is 332 g/mol. The molecule has 0 spiro atoms. The number of hydrogen-bond donors (Lipinski definition) is 2. The molecule has 0 aliphatic carbocycles. The van der Waals surface area contributed by atoms with Crippen LogP contribution in [-0.4, -0.2) is 16.0 Å². The number of aromatic nitrogens is 1. The van der Waals surface area contributed by atoms with Crippen LogP contribution in [-0.2, 0) is 4.79 Å². The molecule has 0 radical (unpaired) electrons. The summed E-state index contributed by atoms with van der Waals surface area (Å²) in [6.07, 6.45) is 2.39. The van der Waals surface area contributed by atoms with Crippen molar-refractivity contribution in [3.63, 3.8) is 0 Å². The first-order valence-corrected chi connectivity index (χ1v) is 8.19. The molecule has 0 bridgehead atoms. The Morgan fingerprint density at radius 1 is 0.920 bits per heavy atom. The van der Waals surface area contributed by atoms with Crippen LogP contribution < -0.4 is 5.32 Å². The molecule has 1 heterocycles. The van der Waals surface area contributed by atoms with Crippen LogP contribution in [0, 0.1) is 0 Å². The van der Waals surface area contributed by atoms with E-state index in [1.54, 1.807) is 30.5 Å². The number of rotatable bonds is 5. The van der Waals surface area contributed by atoms with Crippen molar-refractivity contribution in [3.8, 4) is 11.1 Å². The predicted octanol–water partition coefficient (Wildman–Crippen LogP) is 3.66. The van der Waals surface area contributed by atoms with Gasteiger partial charge in [-0.2, -0.15) is 0 Å². The second kappa shape index (κ2) is 7.73. The van der Waals surface area contributed by atoms with Gasteiger partial charge in [0.05, 0.1) is 6.04 Å². The molecular weight excluding hydrogens is 312 g/mol. The molecule has 4 heteroatoms. The highest BCUT2D eigenvalue weighted by molar-refractivity contribution is 5.82. The maximum absolute atomic E-state index is 12.2. The number of nitrogens with zero attached hydrogens (tertiary/aromatic N) is 1. The second-order valence-corrected chi connectivity index (χ2v) is 5.91. The van der Waals surface area contributed by atoms with Crippen molar-refractivity contribution in [2.45, 2.75) is 19.1 Å². The van der Waals surface area contributed by atoms with E-state index in [-0.39, 0.29) is 6.04 Å². The fourth-order valence-corrected chi connectivity index (χ4v) is 2.66. The van der Waals surface area contributed by atoms with Gasteiger partial charge in [0.25, 0.3) is 5.91 Å². The summed E-state index contributed by atoms with van der Waals surface area (Å²) in [5.74, 6) is -0.407. The zero-order valence-corrected chi connectivity index (χ0v) is 14.0. The van der Waals surface area contributed by atoms with E-state index < -0.39 is 12.0 Å². The van der Waals surface area contributed by atoms with E-state index in [4.69, 9.17) is 0 Å². The molecule has 2 unspecified atom stereocenters. The summed E-state index contributed by atoms with van der Waals surface area (Å²) < 4.78 is 0. The Labute approximate surface area is 147 Å². The van der Waals surface area contributed by atoms with Gasteiger partial charge in [0.15, 0.2) is 6.10 Å². The number of carbonyl (C=O) groups excluding carboxylic acids is 1. The number of aliphatic hydroxyl groups is 1. The fraction of sp³-hybridized carbons (Fsp3) is 0.143. The topological polar surface area (TPSA) is 62.2 Å². The van der Waals surface area contributed by atoms with Gasteiger partial charge in [-0.15, -0.1) is 0 Å². The largest absolute Gasteiger partial charge is 0.378 e. The van der Waals surface area contributed by atoms with Crippen LogP contribution in [0.4, 0.5) is 0 Å². The standard InChI is InChI=1S/C21H20N2O2/c1-15(23-21(25)20(24)18-6-3-2-4-7-18)16-9-11-17(12-10-16)19-8-5-13-22-14-19/h2-15,20,24H,1H3,(H,23,25). The van der Waals surface area contributed by atoms with Gasteiger partial charge in [0.2, 0.25) is 0 Å². The normalized spacial score (nSPS) is 13.0. The van der Waals surface area contributed by atoms with Gasteiger partial charge in [0, 0.05) is 12.4 Å². The van der Waals surface area contributed by atoms with Crippen LogP contribution in [0.2, 0.25) is 0 Å². The Hall–Kier alpha value is -2.98. The number of nitrogens with one attached hydrogen (secondary N) is 1. The van der Waals surface area contributed by atoms with Crippen molar-refractivity contribution in [2.75, 3.05) is 0 Å². The lowest BCUT2D eigenvalue weighted by Crippen LogP contribution is -2.31. The van der Waals surface area contributed by atoms with E-state index in [1.807, 2.05) is 55.6 Å². The number of carbonyl (C=O) groups is 1. The first-order valence-electron chi connectivity index (χ1n) is 8.19. The van der Waals surface area contributed by atoms with Crippen molar-refractivity contribution in [3.05, 3.63) is 90.3 Å². The average Bonchev–Trinajstić information content (AvgIpc) is 2.68. The van der Waals surface area contributed by atoms with Gasteiger partial charge < -0.3 is 10.4 Å². The molecule has 2 atom stereocenters. The number of pyridine rings is 1. The summed E-state index contributed by atoms with van der Waals surface area (Å²) in [7, 11) is 0. The molecule has 1 aromatic heterocycles. The van der Waals surface area contributed by atoms with Gasteiger partial charge in [0.1, 0.15) is 0 Å². The summed E-state index contributed by atoms with van der Waals surface area (Å²) in [4.78, 5) is 16.4. The van der Waals surface area contributed by atoms with Crippen molar-refractivity contribution < 1.29 is 9.90 Å². The van der Waals surface area contributed by atoms with Crippen LogP contribution >= 0.6 is 0 Å². The molecule has 25 heavy (non-hydrogen) atoms. The SMILES string of the molecule is CC(NC(=O)C(O)c1ccccc1)c1ccc(-c2cccnc2)cc1. The molecule has 1 amide bonds. The third-order valence-electron chi connectivity index (χ3n) is 4.13. The summed E-state index contributed by atoms with van der Waals surface area (Å²) >= 11 is 0. The van der Waals surface area contributed by atoms with E-state index in [9.17, 15) is 9.90 Å². The van der Waals surface area contributed by atoms with E-state index in [2.05, 4.69) is 10.3 Å². The Morgan fingerprint density at radius 3 is 2.28 bits per heavy atom.